The number of amides is 1. The molecule has 0 saturated carbocycles. The molecule has 0 atom stereocenters. The van der Waals surface area contributed by atoms with Gasteiger partial charge >= 0.3 is 6.09 Å². The minimum atomic E-state index is -0.481. The van der Waals surface area contributed by atoms with Crippen molar-refractivity contribution in [1.82, 2.24) is 10.6 Å². The lowest BCUT2D eigenvalue weighted by Crippen LogP contribution is -2.32. The van der Waals surface area contributed by atoms with E-state index < -0.39 is 11.7 Å². The highest BCUT2D eigenvalue weighted by atomic mass is 16.6. The van der Waals surface area contributed by atoms with Gasteiger partial charge < -0.3 is 15.4 Å². The summed E-state index contributed by atoms with van der Waals surface area (Å²) < 4.78 is 5.20. The molecule has 0 spiro atoms. The predicted octanol–water partition coefficient (Wildman–Crippen LogP) is 2.67. The Morgan fingerprint density at radius 1 is 1.33 bits per heavy atom. The van der Waals surface area contributed by atoms with Gasteiger partial charge in [0.05, 0.1) is 0 Å². The van der Waals surface area contributed by atoms with Crippen LogP contribution in [0.2, 0.25) is 0 Å². The summed E-state index contributed by atoms with van der Waals surface area (Å²) in [4.78, 5) is 11.6. The summed E-state index contributed by atoms with van der Waals surface area (Å²) in [6, 6.07) is 7.83. The van der Waals surface area contributed by atoms with Crippen LogP contribution in [0, 0.1) is 11.8 Å². The first-order valence-electron chi connectivity index (χ1n) is 7.10. The number of ether oxygens (including phenoxy) is 1. The first kappa shape index (κ1) is 17.1. The van der Waals surface area contributed by atoms with E-state index in [-0.39, 0.29) is 0 Å². The fourth-order valence-electron chi connectivity index (χ4n) is 1.60. The standard InChI is InChI=1S/C17H24N2O2/c1-17(2,3)21-16(20)19-13-15-10-7-9-14(12-15)8-5-6-11-18-4/h7,9-10,12,18H,6,11,13H2,1-4H3,(H,19,20). The van der Waals surface area contributed by atoms with Crippen molar-refractivity contribution in [2.45, 2.75) is 39.3 Å². The van der Waals surface area contributed by atoms with E-state index in [1.165, 1.54) is 0 Å². The predicted molar refractivity (Wildman–Crippen MR) is 84.9 cm³/mol. The lowest BCUT2D eigenvalue weighted by Gasteiger charge is -2.19. The Hall–Kier alpha value is -1.99. The van der Waals surface area contributed by atoms with Gasteiger partial charge in [-0.05, 0) is 45.5 Å². The maximum absolute atomic E-state index is 11.6. The zero-order valence-corrected chi connectivity index (χ0v) is 13.2. The number of rotatable bonds is 4. The van der Waals surface area contributed by atoms with Crippen LogP contribution in [0.5, 0.6) is 0 Å². The highest BCUT2D eigenvalue weighted by Gasteiger charge is 2.15. The summed E-state index contributed by atoms with van der Waals surface area (Å²) in [7, 11) is 1.91. The molecule has 0 unspecified atom stereocenters. The van der Waals surface area contributed by atoms with E-state index in [1.807, 2.05) is 52.1 Å². The molecular weight excluding hydrogens is 264 g/mol. The summed E-state index contributed by atoms with van der Waals surface area (Å²) >= 11 is 0. The van der Waals surface area contributed by atoms with E-state index in [4.69, 9.17) is 4.74 Å². The van der Waals surface area contributed by atoms with Gasteiger partial charge in [-0.1, -0.05) is 24.0 Å². The zero-order valence-electron chi connectivity index (χ0n) is 13.2. The second-order valence-electron chi connectivity index (χ2n) is 5.71. The molecule has 4 heteroatoms. The van der Waals surface area contributed by atoms with Crippen LogP contribution in [0.1, 0.15) is 38.3 Å². The molecule has 0 aliphatic carbocycles. The minimum Gasteiger partial charge on any atom is -0.444 e. The second-order valence-corrected chi connectivity index (χ2v) is 5.71. The zero-order chi connectivity index (χ0) is 15.7. The van der Waals surface area contributed by atoms with Crippen molar-refractivity contribution in [1.29, 1.82) is 0 Å². The first-order chi connectivity index (χ1) is 9.90. The SMILES string of the molecule is CNCCC#Cc1cccc(CNC(=O)OC(C)(C)C)c1. The third-order valence-corrected chi connectivity index (χ3v) is 2.50. The number of hydrogen-bond donors (Lipinski definition) is 2. The molecule has 0 heterocycles. The quantitative estimate of drug-likeness (QED) is 0.661. The maximum Gasteiger partial charge on any atom is 0.407 e. The Morgan fingerprint density at radius 2 is 2.10 bits per heavy atom. The van der Waals surface area contributed by atoms with Crippen molar-refractivity contribution >= 4 is 6.09 Å². The largest absolute Gasteiger partial charge is 0.444 e. The Balaban J connectivity index is 2.52. The smallest absolute Gasteiger partial charge is 0.407 e. The molecule has 0 aromatic heterocycles. The molecule has 1 aromatic carbocycles. The van der Waals surface area contributed by atoms with E-state index in [9.17, 15) is 4.79 Å². The van der Waals surface area contributed by atoms with Crippen LogP contribution in [0.15, 0.2) is 24.3 Å². The third-order valence-electron chi connectivity index (χ3n) is 2.50. The molecule has 0 aliphatic heterocycles. The van der Waals surface area contributed by atoms with Gasteiger partial charge in [-0.15, -0.1) is 0 Å². The van der Waals surface area contributed by atoms with Gasteiger partial charge in [-0.3, -0.25) is 0 Å². The summed E-state index contributed by atoms with van der Waals surface area (Å²) in [5.41, 5.74) is 1.47. The molecule has 1 rings (SSSR count). The van der Waals surface area contributed by atoms with Gasteiger partial charge in [-0.2, -0.15) is 0 Å². The van der Waals surface area contributed by atoms with Crippen molar-refractivity contribution in [3.05, 3.63) is 35.4 Å². The molecule has 1 aromatic rings. The Kier molecular flexibility index (Phi) is 6.77. The highest BCUT2D eigenvalue weighted by molar-refractivity contribution is 5.67. The number of benzene rings is 1. The minimum absolute atomic E-state index is 0.409. The summed E-state index contributed by atoms with van der Waals surface area (Å²) in [5.74, 6) is 6.21. The second kappa shape index (κ2) is 8.33. The molecule has 0 radical (unpaired) electrons. The Morgan fingerprint density at radius 3 is 2.76 bits per heavy atom. The molecule has 114 valence electrons. The van der Waals surface area contributed by atoms with E-state index >= 15 is 0 Å². The van der Waals surface area contributed by atoms with Crippen molar-refractivity contribution in [2.75, 3.05) is 13.6 Å². The molecular formula is C17H24N2O2. The van der Waals surface area contributed by atoms with Gasteiger partial charge in [0, 0.05) is 25.1 Å². The van der Waals surface area contributed by atoms with Crippen molar-refractivity contribution in [3.8, 4) is 11.8 Å². The lowest BCUT2D eigenvalue weighted by atomic mass is 10.1. The molecule has 0 fully saturated rings. The van der Waals surface area contributed by atoms with Crippen LogP contribution in [-0.2, 0) is 11.3 Å². The lowest BCUT2D eigenvalue weighted by molar-refractivity contribution is 0.0523. The van der Waals surface area contributed by atoms with Gasteiger partial charge in [0.25, 0.3) is 0 Å². The topological polar surface area (TPSA) is 50.4 Å². The number of nitrogens with one attached hydrogen (secondary N) is 2. The van der Waals surface area contributed by atoms with Crippen LogP contribution in [-0.4, -0.2) is 25.3 Å². The summed E-state index contributed by atoms with van der Waals surface area (Å²) in [6.07, 6.45) is 0.407. The molecule has 0 aliphatic rings. The van der Waals surface area contributed by atoms with Crippen LogP contribution in [0.25, 0.3) is 0 Å². The van der Waals surface area contributed by atoms with Crippen LogP contribution in [0.3, 0.4) is 0 Å². The first-order valence-corrected chi connectivity index (χ1v) is 7.10. The number of hydrogen-bond acceptors (Lipinski definition) is 3. The normalized spacial score (nSPS) is 10.5. The van der Waals surface area contributed by atoms with Crippen molar-refractivity contribution in [2.24, 2.45) is 0 Å². The van der Waals surface area contributed by atoms with E-state index in [0.717, 1.165) is 24.1 Å². The monoisotopic (exact) mass is 288 g/mol. The average molecular weight is 288 g/mol. The molecule has 0 saturated heterocycles. The average Bonchev–Trinajstić information content (AvgIpc) is 2.40. The van der Waals surface area contributed by atoms with E-state index in [1.54, 1.807) is 0 Å². The van der Waals surface area contributed by atoms with Crippen molar-refractivity contribution in [3.63, 3.8) is 0 Å². The number of alkyl carbamates (subject to hydrolysis) is 1. The maximum atomic E-state index is 11.6. The van der Waals surface area contributed by atoms with Crippen molar-refractivity contribution < 1.29 is 9.53 Å². The summed E-state index contributed by atoms with van der Waals surface area (Å²) in [6.45, 7) is 6.84. The van der Waals surface area contributed by atoms with Gasteiger partial charge in [0.15, 0.2) is 0 Å². The number of carbonyl (C=O) groups is 1. The van der Waals surface area contributed by atoms with Crippen LogP contribution < -0.4 is 10.6 Å². The van der Waals surface area contributed by atoms with E-state index in [2.05, 4.69) is 22.5 Å². The fraction of sp³-hybridized carbons (Fsp3) is 0.471. The van der Waals surface area contributed by atoms with Crippen LogP contribution in [0.4, 0.5) is 4.79 Å². The Labute approximate surface area is 127 Å². The van der Waals surface area contributed by atoms with Gasteiger partial charge in [0.1, 0.15) is 5.60 Å². The third kappa shape index (κ3) is 8.01. The summed E-state index contributed by atoms with van der Waals surface area (Å²) in [5, 5.41) is 5.79. The fourth-order valence-corrected chi connectivity index (χ4v) is 1.60. The van der Waals surface area contributed by atoms with Gasteiger partial charge in [0.2, 0.25) is 0 Å². The highest BCUT2D eigenvalue weighted by Crippen LogP contribution is 2.08. The Bertz CT molecular complexity index is 522. The van der Waals surface area contributed by atoms with Gasteiger partial charge in [-0.25, -0.2) is 4.79 Å². The molecule has 0 bridgehead atoms. The number of carbonyl (C=O) groups excluding carboxylic acids is 1. The molecule has 1 amide bonds. The van der Waals surface area contributed by atoms with E-state index in [0.29, 0.717) is 6.54 Å². The molecule has 21 heavy (non-hydrogen) atoms. The van der Waals surface area contributed by atoms with Crippen LogP contribution >= 0.6 is 0 Å². The molecule has 4 nitrogen and oxygen atoms in total. The molecule has 2 N–H and O–H groups in total.